The van der Waals surface area contributed by atoms with Gasteiger partial charge in [-0.15, -0.1) is 0 Å². The molecule has 18 heavy (non-hydrogen) atoms. The predicted octanol–water partition coefficient (Wildman–Crippen LogP) is 5.37. The Labute approximate surface area is 112 Å². The van der Waals surface area contributed by atoms with Gasteiger partial charge in [-0.2, -0.15) is 0 Å². The maximum Gasteiger partial charge on any atom is -0.0106 e. The van der Waals surface area contributed by atoms with Crippen LogP contribution in [0, 0.1) is 6.92 Å². The molecule has 0 nitrogen and oxygen atoms in total. The zero-order chi connectivity index (χ0) is 13.4. The van der Waals surface area contributed by atoms with Gasteiger partial charge in [0.2, 0.25) is 0 Å². The first-order chi connectivity index (χ1) is 8.56. The van der Waals surface area contributed by atoms with E-state index in [9.17, 15) is 0 Å². The summed E-state index contributed by atoms with van der Waals surface area (Å²) in [7, 11) is 0. The average molecular weight is 240 g/mol. The lowest BCUT2D eigenvalue weighted by Gasteiger charge is -2.22. The Bertz CT molecular complexity index is 426. The number of hydrogen-bond donors (Lipinski definition) is 0. The van der Waals surface area contributed by atoms with Crippen molar-refractivity contribution in [3.05, 3.63) is 71.8 Å². The van der Waals surface area contributed by atoms with Gasteiger partial charge in [0, 0.05) is 0 Å². The molecule has 0 N–H and O–H groups in total. The summed E-state index contributed by atoms with van der Waals surface area (Å²) < 4.78 is 0. The van der Waals surface area contributed by atoms with Gasteiger partial charge >= 0.3 is 0 Å². The molecule has 0 aliphatic carbocycles. The van der Waals surface area contributed by atoms with Crippen molar-refractivity contribution in [3.8, 4) is 0 Å². The average Bonchev–Trinajstić information content (AvgIpc) is 2.41. The zero-order valence-corrected chi connectivity index (χ0v) is 12.0. The normalized spacial score (nSPS) is 10.4. The molecule has 0 spiro atoms. The van der Waals surface area contributed by atoms with Crippen LogP contribution in [0.25, 0.3) is 0 Å². The van der Waals surface area contributed by atoms with E-state index in [0.717, 1.165) is 0 Å². The van der Waals surface area contributed by atoms with Crippen LogP contribution < -0.4 is 0 Å². The Morgan fingerprint density at radius 2 is 1.22 bits per heavy atom. The van der Waals surface area contributed by atoms with E-state index in [2.05, 4.69) is 70.2 Å². The first kappa shape index (κ1) is 14.5. The van der Waals surface area contributed by atoms with E-state index in [-0.39, 0.29) is 0 Å². The summed E-state index contributed by atoms with van der Waals surface area (Å²) in [5.74, 6) is 0. The molecule has 0 bridgehead atoms. The monoisotopic (exact) mass is 240 g/mol. The van der Waals surface area contributed by atoms with Crippen LogP contribution in [-0.4, -0.2) is 0 Å². The van der Waals surface area contributed by atoms with Crippen molar-refractivity contribution in [2.24, 2.45) is 0 Å². The summed E-state index contributed by atoms with van der Waals surface area (Å²) in [5, 5.41) is 0. The van der Waals surface area contributed by atoms with Crippen LogP contribution in [0.1, 0.15) is 38.3 Å². The smallest absolute Gasteiger partial charge is 0.0106 e. The van der Waals surface area contributed by atoms with E-state index in [4.69, 9.17) is 0 Å². The fraction of sp³-hybridized carbons (Fsp3) is 0.333. The Kier molecular flexibility index (Phi) is 5.64. The highest BCUT2D eigenvalue weighted by Crippen LogP contribution is 2.25. The molecule has 96 valence electrons. The Hall–Kier alpha value is -1.56. The molecule has 0 saturated carbocycles. The third-order valence-electron chi connectivity index (χ3n) is 3.38. The summed E-state index contributed by atoms with van der Waals surface area (Å²) >= 11 is 0. The molecular weight excluding hydrogens is 216 g/mol. The van der Waals surface area contributed by atoms with E-state index < -0.39 is 0 Å². The SMILES string of the molecule is CCC(C)(C)c1ccccc1.Cc1ccccc1. The van der Waals surface area contributed by atoms with Gasteiger partial charge in [0.25, 0.3) is 0 Å². The fourth-order valence-corrected chi connectivity index (χ4v) is 1.63. The third-order valence-corrected chi connectivity index (χ3v) is 3.38. The molecule has 0 unspecified atom stereocenters. The van der Waals surface area contributed by atoms with Crippen molar-refractivity contribution in [1.82, 2.24) is 0 Å². The molecule has 0 aliphatic rings. The van der Waals surface area contributed by atoms with E-state index >= 15 is 0 Å². The summed E-state index contributed by atoms with van der Waals surface area (Å²) in [5.41, 5.74) is 3.09. The minimum absolute atomic E-state index is 0.335. The molecule has 0 saturated heterocycles. The fourth-order valence-electron chi connectivity index (χ4n) is 1.63. The third kappa shape index (κ3) is 4.75. The first-order valence-electron chi connectivity index (χ1n) is 6.63. The molecule has 0 heterocycles. The molecule has 0 heteroatoms. The van der Waals surface area contributed by atoms with Crippen molar-refractivity contribution < 1.29 is 0 Å². The van der Waals surface area contributed by atoms with Gasteiger partial charge in [-0.1, -0.05) is 87.0 Å². The minimum Gasteiger partial charge on any atom is -0.0646 e. The summed E-state index contributed by atoms with van der Waals surface area (Å²) in [6.45, 7) is 8.87. The second-order valence-electron chi connectivity index (χ2n) is 5.26. The van der Waals surface area contributed by atoms with Crippen molar-refractivity contribution in [1.29, 1.82) is 0 Å². The molecule has 0 radical (unpaired) electrons. The lowest BCUT2D eigenvalue weighted by atomic mass is 9.82. The van der Waals surface area contributed by atoms with Crippen LogP contribution in [0.15, 0.2) is 60.7 Å². The van der Waals surface area contributed by atoms with Gasteiger partial charge in [-0.05, 0) is 24.3 Å². The van der Waals surface area contributed by atoms with Crippen LogP contribution in [-0.2, 0) is 5.41 Å². The number of hydrogen-bond acceptors (Lipinski definition) is 0. The van der Waals surface area contributed by atoms with E-state index in [1.807, 2.05) is 18.2 Å². The maximum absolute atomic E-state index is 2.28. The molecule has 0 aromatic heterocycles. The minimum atomic E-state index is 0.335. The van der Waals surface area contributed by atoms with Gasteiger partial charge in [0.05, 0.1) is 0 Å². The first-order valence-corrected chi connectivity index (χ1v) is 6.63. The van der Waals surface area contributed by atoms with Crippen molar-refractivity contribution in [2.45, 2.75) is 39.5 Å². The maximum atomic E-state index is 2.28. The van der Waals surface area contributed by atoms with Crippen LogP contribution in [0.4, 0.5) is 0 Å². The highest BCUT2D eigenvalue weighted by atomic mass is 14.2. The quantitative estimate of drug-likeness (QED) is 0.662. The van der Waals surface area contributed by atoms with Gasteiger partial charge in [0.15, 0.2) is 0 Å². The second kappa shape index (κ2) is 7.00. The number of rotatable bonds is 2. The second-order valence-corrected chi connectivity index (χ2v) is 5.26. The molecular formula is C18H24. The number of aryl methyl sites for hydroxylation is 1. The van der Waals surface area contributed by atoms with Gasteiger partial charge in [0.1, 0.15) is 0 Å². The van der Waals surface area contributed by atoms with Gasteiger partial charge < -0.3 is 0 Å². The molecule has 0 aliphatic heterocycles. The predicted molar refractivity (Wildman–Crippen MR) is 80.9 cm³/mol. The summed E-state index contributed by atoms with van der Waals surface area (Å²) in [6.07, 6.45) is 1.19. The molecule has 0 amide bonds. The topological polar surface area (TPSA) is 0 Å². The highest BCUT2D eigenvalue weighted by Gasteiger charge is 2.16. The lowest BCUT2D eigenvalue weighted by Crippen LogP contribution is -2.14. The Morgan fingerprint density at radius 3 is 1.56 bits per heavy atom. The summed E-state index contributed by atoms with van der Waals surface area (Å²) in [6, 6.07) is 20.9. The van der Waals surface area contributed by atoms with E-state index in [1.54, 1.807) is 0 Å². The van der Waals surface area contributed by atoms with Crippen LogP contribution in [0.2, 0.25) is 0 Å². The van der Waals surface area contributed by atoms with E-state index in [0.29, 0.717) is 5.41 Å². The largest absolute Gasteiger partial charge is 0.0646 e. The van der Waals surface area contributed by atoms with Gasteiger partial charge in [-0.25, -0.2) is 0 Å². The van der Waals surface area contributed by atoms with Crippen LogP contribution in [0.5, 0.6) is 0 Å². The van der Waals surface area contributed by atoms with Crippen LogP contribution >= 0.6 is 0 Å². The van der Waals surface area contributed by atoms with Crippen molar-refractivity contribution in [2.75, 3.05) is 0 Å². The standard InChI is InChI=1S/C11H16.C7H8/c1-4-11(2,3)10-8-6-5-7-9-10;1-7-5-3-2-4-6-7/h5-9H,4H2,1-3H3;2-6H,1H3. The lowest BCUT2D eigenvalue weighted by molar-refractivity contribution is 0.506. The summed E-state index contributed by atoms with van der Waals surface area (Å²) in [4.78, 5) is 0. The Balaban J connectivity index is 0.000000199. The van der Waals surface area contributed by atoms with Crippen molar-refractivity contribution in [3.63, 3.8) is 0 Å². The van der Waals surface area contributed by atoms with E-state index in [1.165, 1.54) is 17.5 Å². The molecule has 2 rings (SSSR count). The molecule has 2 aromatic carbocycles. The number of benzene rings is 2. The zero-order valence-electron chi connectivity index (χ0n) is 12.0. The molecule has 0 fully saturated rings. The highest BCUT2D eigenvalue weighted by molar-refractivity contribution is 5.22. The Morgan fingerprint density at radius 1 is 0.778 bits per heavy atom. The van der Waals surface area contributed by atoms with Crippen molar-refractivity contribution >= 4 is 0 Å². The van der Waals surface area contributed by atoms with Crippen LogP contribution in [0.3, 0.4) is 0 Å². The molecule has 2 aromatic rings. The van der Waals surface area contributed by atoms with Gasteiger partial charge in [-0.3, -0.25) is 0 Å². The molecule has 0 atom stereocenters.